The number of aromatic nitrogens is 1. The summed E-state index contributed by atoms with van der Waals surface area (Å²) in [6.45, 7) is 0. The van der Waals surface area contributed by atoms with Crippen LogP contribution in [0.4, 0.5) is 11.4 Å². The largest absolute Gasteiger partial charge is 0.342 e. The molecule has 0 saturated carbocycles. The standard InChI is InChI=1S/C30H24N2/c1-31-28-17-9-8-15-26(28)27-16-10-18-29(30(27)31)32(24-13-6-3-7-14-24)25-20-19-23(21-25)22-11-4-2-5-12-22/h2-21,25H,1H3. The zero-order valence-electron chi connectivity index (χ0n) is 18.0. The number of benzene rings is 4. The van der Waals surface area contributed by atoms with Crippen LogP contribution in [-0.4, -0.2) is 10.6 Å². The first kappa shape index (κ1) is 18.7. The Balaban J connectivity index is 1.57. The SMILES string of the molecule is Cn1c2ccccc2c2cccc(N(c3ccccc3)C3C=CC(c4ccccc4)=C3)c21. The van der Waals surface area contributed by atoms with Gasteiger partial charge in [0.25, 0.3) is 0 Å². The zero-order valence-corrected chi connectivity index (χ0v) is 18.0. The van der Waals surface area contributed by atoms with Gasteiger partial charge in [0, 0.05) is 29.0 Å². The molecule has 1 aliphatic rings. The minimum absolute atomic E-state index is 0.135. The summed E-state index contributed by atoms with van der Waals surface area (Å²) in [7, 11) is 2.17. The van der Waals surface area contributed by atoms with Crippen LogP contribution < -0.4 is 4.90 Å². The first-order valence-corrected chi connectivity index (χ1v) is 11.1. The van der Waals surface area contributed by atoms with Gasteiger partial charge in [0.15, 0.2) is 0 Å². The normalized spacial score (nSPS) is 15.4. The van der Waals surface area contributed by atoms with Crippen LogP contribution in [0, 0.1) is 0 Å². The molecule has 5 aromatic rings. The lowest BCUT2D eigenvalue weighted by Gasteiger charge is -2.30. The lowest BCUT2D eigenvalue weighted by molar-refractivity contribution is 0.944. The van der Waals surface area contributed by atoms with E-state index in [-0.39, 0.29) is 6.04 Å². The Morgan fingerprint density at radius 3 is 2.19 bits per heavy atom. The third kappa shape index (κ3) is 2.96. The third-order valence-corrected chi connectivity index (χ3v) is 6.43. The van der Waals surface area contributed by atoms with Crippen LogP contribution in [0.15, 0.2) is 121 Å². The molecule has 32 heavy (non-hydrogen) atoms. The molecule has 0 fully saturated rings. The minimum atomic E-state index is 0.135. The molecule has 0 spiro atoms. The van der Waals surface area contributed by atoms with Crippen LogP contribution in [0.2, 0.25) is 0 Å². The van der Waals surface area contributed by atoms with Gasteiger partial charge in [-0.2, -0.15) is 0 Å². The summed E-state index contributed by atoms with van der Waals surface area (Å²) in [6.07, 6.45) is 6.91. The molecule has 1 unspecified atom stereocenters. The van der Waals surface area contributed by atoms with Gasteiger partial charge in [0.05, 0.1) is 17.2 Å². The van der Waals surface area contributed by atoms with Crippen LogP contribution in [-0.2, 0) is 7.05 Å². The van der Waals surface area contributed by atoms with Gasteiger partial charge in [0.2, 0.25) is 0 Å². The van der Waals surface area contributed by atoms with Gasteiger partial charge >= 0.3 is 0 Å². The highest BCUT2D eigenvalue weighted by Gasteiger charge is 2.24. The Morgan fingerprint density at radius 2 is 1.38 bits per heavy atom. The van der Waals surface area contributed by atoms with E-state index < -0.39 is 0 Å². The van der Waals surface area contributed by atoms with Gasteiger partial charge in [-0.25, -0.2) is 0 Å². The van der Waals surface area contributed by atoms with Gasteiger partial charge in [-0.1, -0.05) is 97.1 Å². The molecule has 0 bridgehead atoms. The molecule has 0 amide bonds. The molecule has 154 valence electrons. The number of fused-ring (bicyclic) bond motifs is 3. The minimum Gasteiger partial charge on any atom is -0.342 e. The smallest absolute Gasteiger partial charge is 0.0730 e. The molecule has 1 heterocycles. The van der Waals surface area contributed by atoms with Gasteiger partial charge in [-0.05, 0) is 35.4 Å². The summed E-state index contributed by atoms with van der Waals surface area (Å²) < 4.78 is 2.33. The van der Waals surface area contributed by atoms with Gasteiger partial charge in [-0.15, -0.1) is 0 Å². The van der Waals surface area contributed by atoms with E-state index in [1.807, 2.05) is 0 Å². The van der Waals surface area contributed by atoms with Crippen LogP contribution in [0.5, 0.6) is 0 Å². The van der Waals surface area contributed by atoms with E-state index >= 15 is 0 Å². The van der Waals surface area contributed by atoms with Crippen molar-refractivity contribution in [3.63, 3.8) is 0 Å². The molecule has 1 atom stereocenters. The molecule has 0 aliphatic heterocycles. The quantitative estimate of drug-likeness (QED) is 0.297. The average molecular weight is 413 g/mol. The van der Waals surface area contributed by atoms with E-state index in [1.165, 1.54) is 44.3 Å². The highest BCUT2D eigenvalue weighted by molar-refractivity contribution is 6.12. The lowest BCUT2D eigenvalue weighted by Crippen LogP contribution is -2.27. The number of allylic oxidation sites excluding steroid dienone is 2. The number of aryl methyl sites for hydroxylation is 1. The number of hydrogen-bond donors (Lipinski definition) is 0. The van der Waals surface area contributed by atoms with E-state index in [9.17, 15) is 0 Å². The second kappa shape index (κ2) is 7.58. The van der Waals surface area contributed by atoms with E-state index in [4.69, 9.17) is 0 Å². The van der Waals surface area contributed by atoms with Gasteiger partial charge < -0.3 is 9.47 Å². The Bertz CT molecular complexity index is 1470. The fourth-order valence-electron chi connectivity index (χ4n) is 4.95. The van der Waals surface area contributed by atoms with Crippen LogP contribution in [0.25, 0.3) is 27.4 Å². The van der Waals surface area contributed by atoms with Gasteiger partial charge in [0.1, 0.15) is 0 Å². The summed E-state index contributed by atoms with van der Waals surface area (Å²) in [5.74, 6) is 0. The Kier molecular flexibility index (Phi) is 4.43. The summed E-state index contributed by atoms with van der Waals surface area (Å²) in [6, 6.07) is 36.8. The second-order valence-corrected chi connectivity index (χ2v) is 8.29. The molecule has 0 radical (unpaired) electrons. The molecule has 4 aromatic carbocycles. The molecule has 2 heteroatoms. The summed E-state index contributed by atoms with van der Waals surface area (Å²) >= 11 is 0. The molecule has 0 saturated heterocycles. The monoisotopic (exact) mass is 412 g/mol. The number of rotatable bonds is 4. The maximum absolute atomic E-state index is 2.45. The maximum atomic E-state index is 2.45. The summed E-state index contributed by atoms with van der Waals surface area (Å²) in [5.41, 5.74) is 7.43. The molecule has 1 aromatic heterocycles. The average Bonchev–Trinajstić information content (AvgIpc) is 3.45. The first-order valence-electron chi connectivity index (χ1n) is 11.1. The molecule has 0 N–H and O–H groups in total. The van der Waals surface area contributed by atoms with E-state index in [0.29, 0.717) is 0 Å². The number of para-hydroxylation sites is 3. The lowest BCUT2D eigenvalue weighted by atomic mass is 10.1. The molecular formula is C30H24N2. The van der Waals surface area contributed by atoms with Crippen LogP contribution in [0.3, 0.4) is 0 Å². The molecular weight excluding hydrogens is 388 g/mol. The maximum Gasteiger partial charge on any atom is 0.0730 e. The third-order valence-electron chi connectivity index (χ3n) is 6.43. The zero-order chi connectivity index (χ0) is 21.5. The van der Waals surface area contributed by atoms with Crippen molar-refractivity contribution in [3.05, 3.63) is 127 Å². The van der Waals surface area contributed by atoms with Gasteiger partial charge in [-0.3, -0.25) is 0 Å². The highest BCUT2D eigenvalue weighted by Crippen LogP contribution is 2.40. The van der Waals surface area contributed by atoms with Crippen molar-refractivity contribution in [2.24, 2.45) is 7.05 Å². The number of nitrogens with zero attached hydrogens (tertiary/aromatic N) is 2. The molecule has 6 rings (SSSR count). The number of hydrogen-bond acceptors (Lipinski definition) is 1. The topological polar surface area (TPSA) is 8.17 Å². The van der Waals surface area contributed by atoms with E-state index in [2.05, 4.69) is 138 Å². The van der Waals surface area contributed by atoms with E-state index in [1.54, 1.807) is 0 Å². The van der Waals surface area contributed by atoms with Crippen molar-refractivity contribution in [3.8, 4) is 0 Å². The predicted octanol–water partition coefficient (Wildman–Crippen LogP) is 7.49. The van der Waals surface area contributed by atoms with E-state index in [0.717, 1.165) is 0 Å². The van der Waals surface area contributed by atoms with Crippen molar-refractivity contribution in [2.45, 2.75) is 6.04 Å². The molecule has 2 nitrogen and oxygen atoms in total. The fourth-order valence-corrected chi connectivity index (χ4v) is 4.95. The summed E-state index contributed by atoms with van der Waals surface area (Å²) in [5, 5.41) is 2.58. The summed E-state index contributed by atoms with van der Waals surface area (Å²) in [4.78, 5) is 2.45. The Morgan fingerprint density at radius 1 is 0.688 bits per heavy atom. The Hall–Kier alpha value is -4.04. The predicted molar refractivity (Wildman–Crippen MR) is 136 cm³/mol. The second-order valence-electron chi connectivity index (χ2n) is 8.29. The molecule has 1 aliphatic carbocycles. The van der Waals surface area contributed by atoms with Crippen molar-refractivity contribution in [2.75, 3.05) is 4.90 Å². The van der Waals surface area contributed by atoms with Crippen molar-refractivity contribution in [1.29, 1.82) is 0 Å². The number of anilines is 2. The van der Waals surface area contributed by atoms with Crippen LogP contribution >= 0.6 is 0 Å². The van der Waals surface area contributed by atoms with Crippen LogP contribution in [0.1, 0.15) is 5.56 Å². The Labute approximate surface area is 188 Å². The van der Waals surface area contributed by atoms with Crippen molar-refractivity contribution in [1.82, 2.24) is 4.57 Å². The van der Waals surface area contributed by atoms with Crippen molar-refractivity contribution >= 4 is 38.8 Å². The first-order chi connectivity index (χ1) is 15.8. The highest BCUT2D eigenvalue weighted by atomic mass is 15.2. The van der Waals surface area contributed by atoms with Crippen molar-refractivity contribution < 1.29 is 0 Å². The fraction of sp³-hybridized carbons (Fsp3) is 0.0667.